The Labute approximate surface area is 68.5 Å². The minimum absolute atomic E-state index is 1.08. The Balaban J connectivity index is 0.000000128. The minimum atomic E-state index is 1.08. The predicted molar refractivity (Wildman–Crippen MR) is 49.0 cm³/mol. The maximum atomic E-state index is 2.92. The molecule has 0 unspecified atom stereocenters. The van der Waals surface area contributed by atoms with Gasteiger partial charge < -0.3 is 5.32 Å². The van der Waals surface area contributed by atoms with E-state index < -0.39 is 0 Å². The lowest BCUT2D eigenvalue weighted by atomic mass is 10.5. The fourth-order valence-corrected chi connectivity index (χ4v) is 0.573. The van der Waals surface area contributed by atoms with Gasteiger partial charge >= 0.3 is 0 Å². The SMILES string of the molecule is C1=CC=CNC=C1.CC1CC1. The van der Waals surface area contributed by atoms with Gasteiger partial charge in [0.15, 0.2) is 0 Å². The van der Waals surface area contributed by atoms with Crippen LogP contribution < -0.4 is 5.32 Å². The summed E-state index contributed by atoms with van der Waals surface area (Å²) < 4.78 is 0. The minimum Gasteiger partial charge on any atom is -0.368 e. The van der Waals surface area contributed by atoms with Gasteiger partial charge in [-0.2, -0.15) is 0 Å². The fraction of sp³-hybridized carbons (Fsp3) is 0.400. The summed E-state index contributed by atoms with van der Waals surface area (Å²) in [6.45, 7) is 2.28. The van der Waals surface area contributed by atoms with Crippen LogP contribution in [0.1, 0.15) is 19.8 Å². The van der Waals surface area contributed by atoms with E-state index in [2.05, 4.69) is 12.2 Å². The molecule has 1 nitrogen and oxygen atoms in total. The average molecular weight is 149 g/mol. The second-order valence-electron chi connectivity index (χ2n) is 2.95. The molecule has 0 radical (unpaired) electrons. The van der Waals surface area contributed by atoms with E-state index in [-0.39, 0.29) is 0 Å². The van der Waals surface area contributed by atoms with E-state index in [0.29, 0.717) is 0 Å². The molecule has 1 fully saturated rings. The highest BCUT2D eigenvalue weighted by molar-refractivity contribution is 5.14. The van der Waals surface area contributed by atoms with Gasteiger partial charge in [0.25, 0.3) is 0 Å². The van der Waals surface area contributed by atoms with E-state index in [1.54, 1.807) is 0 Å². The van der Waals surface area contributed by atoms with Crippen molar-refractivity contribution in [3.63, 3.8) is 0 Å². The van der Waals surface area contributed by atoms with Crippen molar-refractivity contribution < 1.29 is 0 Å². The van der Waals surface area contributed by atoms with E-state index in [1.165, 1.54) is 12.8 Å². The normalized spacial score (nSPS) is 19.7. The van der Waals surface area contributed by atoms with Crippen molar-refractivity contribution in [3.05, 3.63) is 36.7 Å². The first kappa shape index (κ1) is 8.12. The van der Waals surface area contributed by atoms with Crippen LogP contribution in [0, 0.1) is 5.92 Å². The van der Waals surface area contributed by atoms with Gasteiger partial charge in [0, 0.05) is 12.4 Å². The van der Waals surface area contributed by atoms with Crippen molar-refractivity contribution in [2.24, 2.45) is 5.92 Å². The summed E-state index contributed by atoms with van der Waals surface area (Å²) in [7, 11) is 0. The van der Waals surface area contributed by atoms with Gasteiger partial charge in [-0.1, -0.05) is 31.9 Å². The fourth-order valence-electron chi connectivity index (χ4n) is 0.573. The van der Waals surface area contributed by atoms with Crippen molar-refractivity contribution in [2.45, 2.75) is 19.8 Å². The lowest BCUT2D eigenvalue weighted by molar-refractivity contribution is 0.983. The highest BCUT2D eigenvalue weighted by atomic mass is 14.8. The third kappa shape index (κ3) is 5.46. The lowest BCUT2D eigenvalue weighted by Gasteiger charge is -1.79. The highest BCUT2D eigenvalue weighted by Gasteiger charge is 2.12. The van der Waals surface area contributed by atoms with Crippen molar-refractivity contribution in [1.29, 1.82) is 0 Å². The number of rotatable bonds is 0. The molecule has 11 heavy (non-hydrogen) atoms. The highest BCUT2D eigenvalue weighted by Crippen LogP contribution is 2.26. The van der Waals surface area contributed by atoms with Crippen LogP contribution in [-0.2, 0) is 0 Å². The molecule has 60 valence electrons. The quantitative estimate of drug-likeness (QED) is 0.558. The summed E-state index contributed by atoms with van der Waals surface area (Å²) >= 11 is 0. The molecule has 0 amide bonds. The maximum Gasteiger partial charge on any atom is 0.000442 e. The van der Waals surface area contributed by atoms with Crippen LogP contribution in [-0.4, -0.2) is 0 Å². The Kier molecular flexibility index (Phi) is 3.53. The molecule has 0 spiro atoms. The second kappa shape index (κ2) is 4.78. The topological polar surface area (TPSA) is 12.0 Å². The van der Waals surface area contributed by atoms with Crippen molar-refractivity contribution >= 4 is 0 Å². The van der Waals surface area contributed by atoms with Crippen molar-refractivity contribution in [3.8, 4) is 0 Å². The van der Waals surface area contributed by atoms with Crippen LogP contribution >= 0.6 is 0 Å². The van der Waals surface area contributed by atoms with Gasteiger partial charge in [0.2, 0.25) is 0 Å². The Hall–Kier alpha value is -0.980. The molecule has 0 aromatic rings. The summed E-state index contributed by atoms with van der Waals surface area (Å²) in [5, 5.41) is 2.92. The number of nitrogens with one attached hydrogen (secondary N) is 1. The first-order valence-corrected chi connectivity index (χ1v) is 4.14. The molecule has 0 saturated heterocycles. The Morgan fingerprint density at radius 1 is 1.00 bits per heavy atom. The van der Waals surface area contributed by atoms with E-state index >= 15 is 0 Å². The molecular weight excluding hydrogens is 134 g/mol. The molecule has 1 heterocycles. The van der Waals surface area contributed by atoms with Gasteiger partial charge in [-0.05, 0) is 18.1 Å². The van der Waals surface area contributed by atoms with E-state index in [4.69, 9.17) is 0 Å². The van der Waals surface area contributed by atoms with Crippen molar-refractivity contribution in [1.82, 2.24) is 5.32 Å². The molecule has 2 rings (SSSR count). The monoisotopic (exact) mass is 149 g/mol. The molecule has 0 aromatic heterocycles. The molecule has 1 heteroatoms. The molecule has 1 aliphatic heterocycles. The van der Waals surface area contributed by atoms with Gasteiger partial charge in [-0.15, -0.1) is 0 Å². The molecular formula is C10H15N. The molecule has 0 bridgehead atoms. The van der Waals surface area contributed by atoms with E-state index in [1.807, 2.05) is 36.7 Å². The molecule has 1 aliphatic carbocycles. The summed E-state index contributed by atoms with van der Waals surface area (Å²) in [5.74, 6) is 1.08. The largest absolute Gasteiger partial charge is 0.368 e. The lowest BCUT2D eigenvalue weighted by Crippen LogP contribution is -1.87. The van der Waals surface area contributed by atoms with Crippen LogP contribution in [0.2, 0.25) is 0 Å². The zero-order chi connectivity index (χ0) is 7.94. The van der Waals surface area contributed by atoms with Crippen molar-refractivity contribution in [2.75, 3.05) is 0 Å². The Morgan fingerprint density at radius 3 is 1.82 bits per heavy atom. The molecule has 0 aromatic carbocycles. The van der Waals surface area contributed by atoms with E-state index in [0.717, 1.165) is 5.92 Å². The van der Waals surface area contributed by atoms with Gasteiger partial charge in [0.1, 0.15) is 0 Å². The van der Waals surface area contributed by atoms with Crippen LogP contribution in [0.25, 0.3) is 0 Å². The first-order valence-electron chi connectivity index (χ1n) is 4.14. The van der Waals surface area contributed by atoms with Crippen LogP contribution in [0.15, 0.2) is 36.7 Å². The predicted octanol–water partition coefficient (Wildman–Crippen LogP) is 2.59. The Morgan fingerprint density at radius 2 is 1.45 bits per heavy atom. The summed E-state index contributed by atoms with van der Waals surface area (Å²) in [6.07, 6.45) is 14.5. The number of allylic oxidation sites excluding steroid dienone is 4. The third-order valence-corrected chi connectivity index (χ3v) is 1.58. The first-order chi connectivity index (χ1) is 5.39. The van der Waals surface area contributed by atoms with Gasteiger partial charge in [-0.25, -0.2) is 0 Å². The third-order valence-electron chi connectivity index (χ3n) is 1.58. The smallest absolute Gasteiger partial charge is 0.000442 e. The molecule has 2 aliphatic rings. The maximum absolute atomic E-state index is 2.92. The Bertz CT molecular complexity index is 159. The standard InChI is InChI=1S/C6H7N.C4H8/c1-2-4-6-7-5-3-1;1-4-2-3-4/h1-7H;4H,2-3H2,1H3. The zero-order valence-corrected chi connectivity index (χ0v) is 6.96. The second-order valence-corrected chi connectivity index (χ2v) is 2.95. The molecule has 1 saturated carbocycles. The van der Waals surface area contributed by atoms with Crippen LogP contribution in [0.3, 0.4) is 0 Å². The van der Waals surface area contributed by atoms with E-state index in [9.17, 15) is 0 Å². The summed E-state index contributed by atoms with van der Waals surface area (Å²) in [4.78, 5) is 0. The molecule has 1 N–H and O–H groups in total. The average Bonchev–Trinajstić information content (AvgIpc) is 2.76. The number of hydrogen-bond acceptors (Lipinski definition) is 1. The number of hydrogen-bond donors (Lipinski definition) is 1. The molecule has 0 atom stereocenters. The summed E-state index contributed by atoms with van der Waals surface area (Å²) in [6, 6.07) is 0. The van der Waals surface area contributed by atoms with Gasteiger partial charge in [-0.3, -0.25) is 0 Å². The van der Waals surface area contributed by atoms with Gasteiger partial charge in [0.05, 0.1) is 0 Å². The van der Waals surface area contributed by atoms with Crippen LogP contribution in [0.4, 0.5) is 0 Å². The van der Waals surface area contributed by atoms with Crippen LogP contribution in [0.5, 0.6) is 0 Å². The zero-order valence-electron chi connectivity index (χ0n) is 6.96. The summed E-state index contributed by atoms with van der Waals surface area (Å²) in [5.41, 5.74) is 0.